The Labute approximate surface area is 137 Å². The normalized spacial score (nSPS) is 15.8. The maximum Gasteiger partial charge on any atom is 0.242 e. The molecule has 1 aliphatic rings. The van der Waals surface area contributed by atoms with Crippen LogP contribution in [0.15, 0.2) is 11.6 Å². The van der Waals surface area contributed by atoms with Gasteiger partial charge in [0, 0.05) is 19.5 Å². The molecule has 0 saturated carbocycles. The molecule has 6 heteroatoms. The van der Waals surface area contributed by atoms with E-state index in [2.05, 4.69) is 44.0 Å². The van der Waals surface area contributed by atoms with Crippen molar-refractivity contribution in [3.05, 3.63) is 22.2 Å². The first kappa shape index (κ1) is 16.9. The summed E-state index contributed by atoms with van der Waals surface area (Å²) < 4.78 is 2.35. The first-order chi connectivity index (χ1) is 10.3. The number of carbonyl (C=O) groups is 1. The number of hydrogen-bond acceptors (Lipinski definition) is 3. The predicted octanol–water partition coefficient (Wildman–Crippen LogP) is 3.10. The number of nitrogens with zero attached hydrogens (tertiary/aromatic N) is 3. The number of aryl methyl sites for hydroxylation is 1. The van der Waals surface area contributed by atoms with Crippen LogP contribution in [0, 0.1) is 10.2 Å². The molecule has 0 aliphatic carbocycles. The second kappa shape index (κ2) is 6.77. The van der Waals surface area contributed by atoms with Crippen molar-refractivity contribution >= 4 is 18.1 Å². The van der Waals surface area contributed by atoms with E-state index >= 15 is 0 Å². The second-order valence-corrected chi connectivity index (χ2v) is 7.24. The lowest BCUT2D eigenvalue weighted by Gasteiger charge is -2.32. The molecule has 1 aromatic rings. The Morgan fingerprint density at radius 2 is 2.18 bits per heavy atom. The van der Waals surface area contributed by atoms with Crippen LogP contribution in [0.1, 0.15) is 46.4 Å². The lowest BCUT2D eigenvalue weighted by atomic mass is 9.83. The fourth-order valence-corrected chi connectivity index (χ4v) is 2.96. The van der Waals surface area contributed by atoms with Gasteiger partial charge in [-0.2, -0.15) is 5.10 Å². The number of aromatic amines is 1. The molecule has 0 fully saturated rings. The van der Waals surface area contributed by atoms with Gasteiger partial charge in [0.1, 0.15) is 12.4 Å². The van der Waals surface area contributed by atoms with E-state index in [1.165, 1.54) is 5.57 Å². The Morgan fingerprint density at radius 1 is 1.45 bits per heavy atom. The van der Waals surface area contributed by atoms with Crippen molar-refractivity contribution in [3.63, 3.8) is 0 Å². The molecule has 122 valence electrons. The Hall–Kier alpha value is -1.43. The summed E-state index contributed by atoms with van der Waals surface area (Å²) in [5.41, 5.74) is 1.62. The molecule has 0 spiro atoms. The van der Waals surface area contributed by atoms with Gasteiger partial charge in [-0.25, -0.2) is 0 Å². The topological polar surface area (TPSA) is 53.9 Å². The minimum atomic E-state index is 0.110. The maximum atomic E-state index is 12.5. The molecule has 0 atom stereocenters. The monoisotopic (exact) mass is 322 g/mol. The molecular weight excluding hydrogens is 296 g/mol. The van der Waals surface area contributed by atoms with Crippen LogP contribution >= 0.6 is 12.2 Å². The second-order valence-electron chi connectivity index (χ2n) is 6.85. The minimum absolute atomic E-state index is 0.110. The third-order valence-electron chi connectivity index (χ3n) is 4.13. The van der Waals surface area contributed by atoms with Crippen LogP contribution in [0.2, 0.25) is 0 Å². The fraction of sp³-hybridized carbons (Fsp3) is 0.688. The van der Waals surface area contributed by atoms with E-state index in [4.69, 9.17) is 12.2 Å². The van der Waals surface area contributed by atoms with Crippen molar-refractivity contribution < 1.29 is 4.79 Å². The summed E-state index contributed by atoms with van der Waals surface area (Å²) in [4.78, 5) is 14.4. The molecular formula is C16H26N4OS. The van der Waals surface area contributed by atoms with Crippen molar-refractivity contribution in [2.45, 2.75) is 53.5 Å². The smallest absolute Gasteiger partial charge is 0.242 e. The average molecular weight is 322 g/mol. The van der Waals surface area contributed by atoms with E-state index in [-0.39, 0.29) is 17.9 Å². The summed E-state index contributed by atoms with van der Waals surface area (Å²) in [5.74, 6) is 0.975. The molecule has 2 rings (SSSR count). The predicted molar refractivity (Wildman–Crippen MR) is 90.1 cm³/mol. The highest BCUT2D eigenvalue weighted by atomic mass is 32.1. The van der Waals surface area contributed by atoms with Gasteiger partial charge in [-0.15, -0.1) is 0 Å². The van der Waals surface area contributed by atoms with Gasteiger partial charge in [0.25, 0.3) is 0 Å². The number of aromatic nitrogens is 3. The summed E-state index contributed by atoms with van der Waals surface area (Å²) >= 11 is 5.24. The largest absolute Gasteiger partial charge is 0.337 e. The molecule has 22 heavy (non-hydrogen) atoms. The fourth-order valence-electron chi connectivity index (χ4n) is 2.74. The molecule has 0 bridgehead atoms. The Kier molecular flexibility index (Phi) is 5.21. The van der Waals surface area contributed by atoms with E-state index in [0.29, 0.717) is 11.3 Å². The van der Waals surface area contributed by atoms with Gasteiger partial charge in [0.2, 0.25) is 5.91 Å². The van der Waals surface area contributed by atoms with Crippen LogP contribution in [-0.4, -0.2) is 38.7 Å². The van der Waals surface area contributed by atoms with Crippen LogP contribution in [0.25, 0.3) is 0 Å². The molecule has 0 aromatic carbocycles. The Bertz CT molecular complexity index is 621. The highest BCUT2D eigenvalue weighted by molar-refractivity contribution is 7.71. The standard InChI is InChI=1S/C16H26N4OS/c1-5-6-13-17-18-15(22)20(13)11-14(21)19-9-7-12(8-10-19)16(2,3)4/h7H,5-6,8-11H2,1-4H3,(H,18,22). The van der Waals surface area contributed by atoms with E-state index in [0.717, 1.165) is 31.6 Å². The van der Waals surface area contributed by atoms with Crippen LogP contribution in [0.4, 0.5) is 0 Å². The van der Waals surface area contributed by atoms with Crippen molar-refractivity contribution in [1.29, 1.82) is 0 Å². The van der Waals surface area contributed by atoms with E-state index in [9.17, 15) is 4.79 Å². The van der Waals surface area contributed by atoms with Crippen molar-refractivity contribution in [3.8, 4) is 0 Å². The summed E-state index contributed by atoms with van der Waals surface area (Å²) in [6.07, 6.45) is 4.96. The molecule has 0 unspecified atom stereocenters. The number of amides is 1. The van der Waals surface area contributed by atoms with Gasteiger partial charge in [0.15, 0.2) is 4.77 Å². The van der Waals surface area contributed by atoms with Crippen molar-refractivity contribution in [1.82, 2.24) is 19.7 Å². The van der Waals surface area contributed by atoms with Gasteiger partial charge in [-0.05, 0) is 30.5 Å². The number of rotatable bonds is 4. The van der Waals surface area contributed by atoms with Crippen molar-refractivity contribution in [2.75, 3.05) is 13.1 Å². The van der Waals surface area contributed by atoms with Crippen LogP contribution in [0.5, 0.6) is 0 Å². The molecule has 1 amide bonds. The molecule has 1 aliphatic heterocycles. The van der Waals surface area contributed by atoms with Gasteiger partial charge in [-0.1, -0.05) is 39.3 Å². The third-order valence-corrected chi connectivity index (χ3v) is 4.44. The third kappa shape index (κ3) is 3.85. The number of H-pyrrole nitrogens is 1. The summed E-state index contributed by atoms with van der Waals surface area (Å²) in [7, 11) is 0. The Balaban J connectivity index is 2.04. The maximum absolute atomic E-state index is 12.5. The molecule has 1 aromatic heterocycles. The van der Waals surface area contributed by atoms with Crippen LogP contribution in [0.3, 0.4) is 0 Å². The molecule has 0 saturated heterocycles. The molecule has 1 N–H and O–H groups in total. The molecule has 2 heterocycles. The number of hydrogen-bond donors (Lipinski definition) is 1. The summed E-state index contributed by atoms with van der Waals surface area (Å²) in [5, 5.41) is 7.00. The lowest BCUT2D eigenvalue weighted by molar-refractivity contribution is -0.131. The van der Waals surface area contributed by atoms with Gasteiger partial charge >= 0.3 is 0 Å². The summed E-state index contributed by atoms with van der Waals surface area (Å²) in [6.45, 7) is 10.5. The van der Waals surface area contributed by atoms with Gasteiger partial charge in [-0.3, -0.25) is 14.5 Å². The van der Waals surface area contributed by atoms with E-state index in [1.54, 1.807) is 0 Å². The molecule has 5 nitrogen and oxygen atoms in total. The quantitative estimate of drug-likeness (QED) is 0.684. The zero-order valence-corrected chi connectivity index (χ0v) is 14.8. The van der Waals surface area contributed by atoms with Crippen LogP contribution < -0.4 is 0 Å². The zero-order valence-electron chi connectivity index (χ0n) is 14.0. The van der Waals surface area contributed by atoms with Crippen LogP contribution in [-0.2, 0) is 17.8 Å². The van der Waals surface area contributed by atoms with Crippen molar-refractivity contribution in [2.24, 2.45) is 5.41 Å². The minimum Gasteiger partial charge on any atom is -0.337 e. The summed E-state index contributed by atoms with van der Waals surface area (Å²) in [6, 6.07) is 0. The number of carbonyl (C=O) groups excluding carboxylic acids is 1. The number of nitrogens with one attached hydrogen (secondary N) is 1. The highest BCUT2D eigenvalue weighted by Gasteiger charge is 2.24. The highest BCUT2D eigenvalue weighted by Crippen LogP contribution is 2.30. The SMILES string of the molecule is CCCc1n[nH]c(=S)n1CC(=O)N1CC=C(C(C)(C)C)CC1. The molecule has 0 radical (unpaired) electrons. The average Bonchev–Trinajstić information content (AvgIpc) is 2.80. The zero-order chi connectivity index (χ0) is 16.3. The van der Waals surface area contributed by atoms with Gasteiger partial charge < -0.3 is 4.90 Å². The van der Waals surface area contributed by atoms with E-state index < -0.39 is 0 Å². The first-order valence-corrected chi connectivity index (χ1v) is 8.35. The van der Waals surface area contributed by atoms with Gasteiger partial charge in [0.05, 0.1) is 0 Å². The first-order valence-electron chi connectivity index (χ1n) is 7.94. The Morgan fingerprint density at radius 3 is 2.73 bits per heavy atom. The lowest BCUT2D eigenvalue weighted by Crippen LogP contribution is -2.38. The van der Waals surface area contributed by atoms with E-state index in [1.807, 2.05) is 9.47 Å².